The molecule has 1 aromatic carbocycles. The van der Waals surface area contributed by atoms with Crippen LogP contribution in [0.4, 0.5) is 5.69 Å². The lowest BCUT2D eigenvalue weighted by Gasteiger charge is -2.37. The number of aromatic nitrogens is 1. The number of fused-ring (bicyclic) bond motifs is 1. The van der Waals surface area contributed by atoms with Crippen molar-refractivity contribution in [3.63, 3.8) is 0 Å². The van der Waals surface area contributed by atoms with Gasteiger partial charge in [-0.15, -0.1) is 0 Å². The van der Waals surface area contributed by atoms with Gasteiger partial charge in [-0.1, -0.05) is 32.0 Å². The molecular formula is C16H17N3O2. The van der Waals surface area contributed by atoms with Crippen molar-refractivity contribution in [2.45, 2.75) is 19.9 Å². The molecule has 0 spiro atoms. The summed E-state index contributed by atoms with van der Waals surface area (Å²) in [5.74, 6) is -0.191. The zero-order valence-corrected chi connectivity index (χ0v) is 12.0. The van der Waals surface area contributed by atoms with Crippen molar-refractivity contribution in [3.05, 3.63) is 36.5 Å². The highest BCUT2D eigenvalue weighted by atomic mass is 16.2. The second-order valence-corrected chi connectivity index (χ2v) is 5.56. The first kappa shape index (κ1) is 13.5. The second-order valence-electron chi connectivity index (χ2n) is 5.56. The number of piperazine rings is 1. The Labute approximate surface area is 123 Å². The van der Waals surface area contributed by atoms with Crippen LogP contribution in [0, 0.1) is 5.92 Å². The quantitative estimate of drug-likeness (QED) is 0.913. The normalized spacial score (nSPS) is 19.2. The number of hydrogen-bond donors (Lipinski definition) is 1. The Kier molecular flexibility index (Phi) is 3.33. The minimum absolute atomic E-state index is 0.0284. The van der Waals surface area contributed by atoms with Gasteiger partial charge in [-0.25, -0.2) is 0 Å². The molecule has 1 N–H and O–H groups in total. The van der Waals surface area contributed by atoms with E-state index in [4.69, 9.17) is 0 Å². The van der Waals surface area contributed by atoms with Crippen LogP contribution in [-0.2, 0) is 9.59 Å². The Morgan fingerprint density at radius 3 is 2.81 bits per heavy atom. The van der Waals surface area contributed by atoms with Crippen LogP contribution >= 0.6 is 0 Å². The van der Waals surface area contributed by atoms with E-state index in [1.807, 2.05) is 44.2 Å². The SMILES string of the molecule is CC(C)C1C(=O)NCC(=O)N1c1cnc2ccccc2c1. The van der Waals surface area contributed by atoms with E-state index in [0.717, 1.165) is 10.9 Å². The average Bonchev–Trinajstić information content (AvgIpc) is 2.48. The molecule has 21 heavy (non-hydrogen) atoms. The topological polar surface area (TPSA) is 62.3 Å². The molecule has 0 radical (unpaired) electrons. The third-order valence-corrected chi connectivity index (χ3v) is 3.72. The Balaban J connectivity index is 2.08. The van der Waals surface area contributed by atoms with Crippen LogP contribution in [0.1, 0.15) is 13.8 Å². The molecule has 3 rings (SSSR count). The first-order valence-electron chi connectivity index (χ1n) is 7.02. The molecule has 1 aliphatic rings. The summed E-state index contributed by atoms with van der Waals surface area (Å²) in [7, 11) is 0. The summed E-state index contributed by atoms with van der Waals surface area (Å²) in [4.78, 5) is 30.3. The first-order chi connectivity index (χ1) is 10.1. The summed E-state index contributed by atoms with van der Waals surface area (Å²) >= 11 is 0. The predicted octanol–water partition coefficient (Wildman–Crippen LogP) is 1.72. The van der Waals surface area contributed by atoms with Crippen molar-refractivity contribution >= 4 is 28.4 Å². The van der Waals surface area contributed by atoms with Crippen molar-refractivity contribution in [1.29, 1.82) is 0 Å². The number of nitrogens with one attached hydrogen (secondary N) is 1. The van der Waals surface area contributed by atoms with Gasteiger partial charge in [0, 0.05) is 5.39 Å². The van der Waals surface area contributed by atoms with Gasteiger partial charge in [0.15, 0.2) is 0 Å². The van der Waals surface area contributed by atoms with Gasteiger partial charge in [0.25, 0.3) is 0 Å². The number of anilines is 1. The zero-order chi connectivity index (χ0) is 15.0. The Morgan fingerprint density at radius 1 is 1.29 bits per heavy atom. The molecule has 5 heteroatoms. The summed E-state index contributed by atoms with van der Waals surface area (Å²) in [6.07, 6.45) is 1.66. The monoisotopic (exact) mass is 283 g/mol. The number of pyridine rings is 1. The molecule has 0 saturated carbocycles. The van der Waals surface area contributed by atoms with Crippen LogP contribution < -0.4 is 10.2 Å². The molecule has 1 fully saturated rings. The van der Waals surface area contributed by atoms with Gasteiger partial charge in [-0.05, 0) is 18.1 Å². The third-order valence-electron chi connectivity index (χ3n) is 3.72. The molecule has 108 valence electrons. The summed E-state index contributed by atoms with van der Waals surface area (Å²) < 4.78 is 0. The van der Waals surface area contributed by atoms with Crippen molar-refractivity contribution in [3.8, 4) is 0 Å². The van der Waals surface area contributed by atoms with Crippen LogP contribution in [0.15, 0.2) is 36.5 Å². The lowest BCUT2D eigenvalue weighted by molar-refractivity contribution is -0.131. The summed E-state index contributed by atoms with van der Waals surface area (Å²) in [5, 5.41) is 3.60. The van der Waals surface area contributed by atoms with Gasteiger partial charge in [0.05, 0.1) is 23.9 Å². The van der Waals surface area contributed by atoms with E-state index in [1.165, 1.54) is 0 Å². The van der Waals surface area contributed by atoms with E-state index in [-0.39, 0.29) is 24.3 Å². The molecule has 0 aliphatic carbocycles. The molecular weight excluding hydrogens is 266 g/mol. The number of rotatable bonds is 2. The standard InChI is InChI=1S/C16H17N3O2/c1-10(2)15-16(21)18-9-14(20)19(15)12-7-11-5-3-4-6-13(11)17-8-12/h3-8,10,15H,9H2,1-2H3,(H,18,21). The van der Waals surface area contributed by atoms with E-state index in [1.54, 1.807) is 11.1 Å². The Hall–Kier alpha value is -2.43. The largest absolute Gasteiger partial charge is 0.345 e. The highest BCUT2D eigenvalue weighted by molar-refractivity contribution is 6.07. The third kappa shape index (κ3) is 2.35. The number of para-hydroxylation sites is 1. The van der Waals surface area contributed by atoms with Crippen molar-refractivity contribution in [2.24, 2.45) is 5.92 Å². The summed E-state index contributed by atoms with van der Waals surface area (Å²) in [6.45, 7) is 3.91. The molecule has 2 amide bonds. The fourth-order valence-electron chi connectivity index (χ4n) is 2.72. The van der Waals surface area contributed by atoms with Gasteiger partial charge in [0.2, 0.25) is 11.8 Å². The average molecular weight is 283 g/mol. The number of amides is 2. The van der Waals surface area contributed by atoms with Crippen LogP contribution in [0.3, 0.4) is 0 Å². The van der Waals surface area contributed by atoms with E-state index in [9.17, 15) is 9.59 Å². The maximum Gasteiger partial charge on any atom is 0.247 e. The summed E-state index contributed by atoms with van der Waals surface area (Å²) in [6, 6.07) is 9.14. The van der Waals surface area contributed by atoms with E-state index >= 15 is 0 Å². The smallest absolute Gasteiger partial charge is 0.247 e. The predicted molar refractivity (Wildman–Crippen MR) is 80.9 cm³/mol. The fraction of sp³-hybridized carbons (Fsp3) is 0.312. The van der Waals surface area contributed by atoms with Gasteiger partial charge in [0.1, 0.15) is 6.04 Å². The van der Waals surface area contributed by atoms with E-state index < -0.39 is 6.04 Å². The van der Waals surface area contributed by atoms with Crippen LogP contribution in [-0.4, -0.2) is 29.4 Å². The van der Waals surface area contributed by atoms with Gasteiger partial charge < -0.3 is 5.32 Å². The fourth-order valence-corrected chi connectivity index (χ4v) is 2.72. The first-order valence-corrected chi connectivity index (χ1v) is 7.02. The molecule has 0 bridgehead atoms. The number of nitrogens with zero attached hydrogens (tertiary/aromatic N) is 2. The molecule has 1 aliphatic heterocycles. The molecule has 1 atom stereocenters. The van der Waals surface area contributed by atoms with Crippen molar-refractivity contribution < 1.29 is 9.59 Å². The maximum atomic E-state index is 12.3. The molecule has 1 unspecified atom stereocenters. The number of carbonyl (C=O) groups excluding carboxylic acids is 2. The molecule has 1 aromatic heterocycles. The molecule has 5 nitrogen and oxygen atoms in total. The van der Waals surface area contributed by atoms with E-state index in [2.05, 4.69) is 10.3 Å². The van der Waals surface area contributed by atoms with Gasteiger partial charge >= 0.3 is 0 Å². The van der Waals surface area contributed by atoms with E-state index in [0.29, 0.717) is 5.69 Å². The van der Waals surface area contributed by atoms with Crippen molar-refractivity contribution in [2.75, 3.05) is 11.4 Å². The number of benzene rings is 1. The Bertz CT molecular complexity index is 711. The van der Waals surface area contributed by atoms with Crippen molar-refractivity contribution in [1.82, 2.24) is 10.3 Å². The lowest BCUT2D eigenvalue weighted by Crippen LogP contribution is -2.60. The molecule has 1 saturated heterocycles. The van der Waals surface area contributed by atoms with Crippen LogP contribution in [0.2, 0.25) is 0 Å². The minimum atomic E-state index is -0.491. The lowest BCUT2D eigenvalue weighted by atomic mass is 9.98. The second kappa shape index (κ2) is 5.16. The molecule has 2 aromatic rings. The van der Waals surface area contributed by atoms with Crippen LogP contribution in [0.5, 0.6) is 0 Å². The van der Waals surface area contributed by atoms with Crippen LogP contribution in [0.25, 0.3) is 10.9 Å². The highest BCUT2D eigenvalue weighted by Crippen LogP contribution is 2.26. The number of hydrogen-bond acceptors (Lipinski definition) is 3. The van der Waals surface area contributed by atoms with Gasteiger partial charge in [-0.2, -0.15) is 0 Å². The maximum absolute atomic E-state index is 12.3. The minimum Gasteiger partial charge on any atom is -0.345 e. The van der Waals surface area contributed by atoms with Gasteiger partial charge in [-0.3, -0.25) is 19.5 Å². The Morgan fingerprint density at radius 2 is 2.05 bits per heavy atom. The number of carbonyl (C=O) groups is 2. The zero-order valence-electron chi connectivity index (χ0n) is 12.0. The highest BCUT2D eigenvalue weighted by Gasteiger charge is 2.37. The molecule has 2 heterocycles. The summed E-state index contributed by atoms with van der Waals surface area (Å²) in [5.41, 5.74) is 1.54.